The first kappa shape index (κ1) is 15.7. The first-order valence-corrected chi connectivity index (χ1v) is 6.10. The molecule has 0 aromatic rings. The standard InChI is InChI=1S/C12H24N2O.ClH/c1-4-10(13)12(15)14-11-6-5-8(2)7-9(11)3;/h8-11H,4-7,13H2,1-3H3,(H,14,15);1H/t8?,9?,10-,11?;/m0./s1. The summed E-state index contributed by atoms with van der Waals surface area (Å²) in [4.78, 5) is 11.6. The molecule has 1 aliphatic rings. The van der Waals surface area contributed by atoms with Gasteiger partial charge in [0.1, 0.15) is 0 Å². The van der Waals surface area contributed by atoms with Crippen molar-refractivity contribution in [3.05, 3.63) is 0 Å². The molecule has 3 N–H and O–H groups in total. The van der Waals surface area contributed by atoms with Crippen LogP contribution in [0.5, 0.6) is 0 Å². The van der Waals surface area contributed by atoms with Crippen LogP contribution in [-0.2, 0) is 4.79 Å². The molecule has 3 unspecified atom stereocenters. The Morgan fingerprint density at radius 3 is 2.56 bits per heavy atom. The van der Waals surface area contributed by atoms with E-state index >= 15 is 0 Å². The van der Waals surface area contributed by atoms with Gasteiger partial charge in [0.05, 0.1) is 6.04 Å². The molecule has 0 spiro atoms. The number of hydrogen-bond acceptors (Lipinski definition) is 2. The van der Waals surface area contributed by atoms with Crippen LogP contribution >= 0.6 is 12.4 Å². The van der Waals surface area contributed by atoms with Crippen LogP contribution in [0.4, 0.5) is 0 Å². The summed E-state index contributed by atoms with van der Waals surface area (Å²) in [6.45, 7) is 6.45. The Bertz CT molecular complexity index is 223. The van der Waals surface area contributed by atoms with Gasteiger partial charge in [-0.25, -0.2) is 0 Å². The molecular formula is C12H25ClN2O. The van der Waals surface area contributed by atoms with Crippen LogP contribution in [0.1, 0.15) is 46.5 Å². The van der Waals surface area contributed by atoms with Crippen molar-refractivity contribution >= 4 is 18.3 Å². The second-order valence-electron chi connectivity index (χ2n) is 5.03. The van der Waals surface area contributed by atoms with Gasteiger partial charge >= 0.3 is 0 Å². The van der Waals surface area contributed by atoms with E-state index in [2.05, 4.69) is 19.2 Å². The average molecular weight is 249 g/mol. The van der Waals surface area contributed by atoms with Crippen LogP contribution in [0.2, 0.25) is 0 Å². The van der Waals surface area contributed by atoms with Crippen LogP contribution in [0.15, 0.2) is 0 Å². The Balaban J connectivity index is 0.00000225. The van der Waals surface area contributed by atoms with Crippen molar-refractivity contribution in [3.63, 3.8) is 0 Å². The summed E-state index contributed by atoms with van der Waals surface area (Å²) in [7, 11) is 0. The summed E-state index contributed by atoms with van der Waals surface area (Å²) in [6, 6.07) is 0.00264. The van der Waals surface area contributed by atoms with Crippen molar-refractivity contribution in [3.8, 4) is 0 Å². The van der Waals surface area contributed by atoms with Crippen molar-refractivity contribution in [1.82, 2.24) is 5.32 Å². The van der Waals surface area contributed by atoms with E-state index in [1.165, 1.54) is 12.8 Å². The van der Waals surface area contributed by atoms with Gasteiger partial charge in [0.15, 0.2) is 0 Å². The lowest BCUT2D eigenvalue weighted by Gasteiger charge is -2.33. The molecule has 1 aliphatic carbocycles. The molecule has 1 fully saturated rings. The third-order valence-corrected chi connectivity index (χ3v) is 3.54. The van der Waals surface area contributed by atoms with Gasteiger partial charge in [-0.05, 0) is 37.5 Å². The summed E-state index contributed by atoms with van der Waals surface area (Å²) in [5.41, 5.74) is 5.69. The zero-order chi connectivity index (χ0) is 11.4. The summed E-state index contributed by atoms with van der Waals surface area (Å²) >= 11 is 0. The van der Waals surface area contributed by atoms with Crippen molar-refractivity contribution < 1.29 is 4.79 Å². The van der Waals surface area contributed by atoms with E-state index in [4.69, 9.17) is 5.73 Å². The lowest BCUT2D eigenvalue weighted by molar-refractivity contribution is -0.123. The number of nitrogens with one attached hydrogen (secondary N) is 1. The fourth-order valence-electron chi connectivity index (χ4n) is 2.35. The molecule has 1 saturated carbocycles. The quantitative estimate of drug-likeness (QED) is 0.804. The first-order valence-electron chi connectivity index (χ1n) is 6.10. The Kier molecular flexibility index (Phi) is 7.00. The van der Waals surface area contributed by atoms with E-state index < -0.39 is 0 Å². The fourth-order valence-corrected chi connectivity index (χ4v) is 2.35. The minimum Gasteiger partial charge on any atom is -0.352 e. The Labute approximate surface area is 105 Å². The summed E-state index contributed by atoms with van der Waals surface area (Å²) < 4.78 is 0. The molecule has 4 atom stereocenters. The second kappa shape index (κ2) is 7.13. The molecule has 3 nitrogen and oxygen atoms in total. The van der Waals surface area contributed by atoms with Gasteiger partial charge in [0.25, 0.3) is 0 Å². The molecular weight excluding hydrogens is 224 g/mol. The second-order valence-corrected chi connectivity index (χ2v) is 5.03. The molecule has 16 heavy (non-hydrogen) atoms. The van der Waals surface area contributed by atoms with Crippen molar-refractivity contribution in [2.45, 2.75) is 58.5 Å². The predicted molar refractivity (Wildman–Crippen MR) is 69.6 cm³/mol. The molecule has 96 valence electrons. The molecule has 4 heteroatoms. The van der Waals surface area contributed by atoms with Crippen molar-refractivity contribution in [2.24, 2.45) is 17.6 Å². The van der Waals surface area contributed by atoms with Gasteiger partial charge < -0.3 is 11.1 Å². The molecule has 0 bridgehead atoms. The Morgan fingerprint density at radius 1 is 1.44 bits per heavy atom. The van der Waals surface area contributed by atoms with E-state index in [1.807, 2.05) is 6.92 Å². The number of amides is 1. The zero-order valence-electron chi connectivity index (χ0n) is 10.5. The maximum atomic E-state index is 11.6. The Morgan fingerprint density at radius 2 is 2.06 bits per heavy atom. The molecule has 1 amide bonds. The van der Waals surface area contributed by atoms with Gasteiger partial charge in [-0.2, -0.15) is 0 Å². The first-order chi connectivity index (χ1) is 7.04. The smallest absolute Gasteiger partial charge is 0.237 e. The van der Waals surface area contributed by atoms with Gasteiger partial charge in [0, 0.05) is 6.04 Å². The van der Waals surface area contributed by atoms with Crippen molar-refractivity contribution in [1.29, 1.82) is 0 Å². The largest absolute Gasteiger partial charge is 0.352 e. The van der Waals surface area contributed by atoms with E-state index in [1.54, 1.807) is 0 Å². The number of carbonyl (C=O) groups excluding carboxylic acids is 1. The van der Waals surface area contributed by atoms with Gasteiger partial charge in [-0.3, -0.25) is 4.79 Å². The highest BCUT2D eigenvalue weighted by Gasteiger charge is 2.27. The topological polar surface area (TPSA) is 55.1 Å². The van der Waals surface area contributed by atoms with Crippen LogP contribution in [0, 0.1) is 11.8 Å². The monoisotopic (exact) mass is 248 g/mol. The van der Waals surface area contributed by atoms with E-state index in [-0.39, 0.29) is 24.4 Å². The molecule has 0 aromatic heterocycles. The highest BCUT2D eigenvalue weighted by molar-refractivity contribution is 5.85. The third kappa shape index (κ3) is 4.30. The minimum atomic E-state index is -0.337. The highest BCUT2D eigenvalue weighted by atomic mass is 35.5. The highest BCUT2D eigenvalue weighted by Crippen LogP contribution is 2.28. The summed E-state index contributed by atoms with van der Waals surface area (Å²) in [6.07, 6.45) is 4.25. The van der Waals surface area contributed by atoms with Crippen LogP contribution < -0.4 is 11.1 Å². The number of carbonyl (C=O) groups is 1. The molecule has 0 radical (unpaired) electrons. The van der Waals surface area contributed by atoms with E-state index in [0.717, 1.165) is 12.3 Å². The minimum absolute atomic E-state index is 0. The van der Waals surface area contributed by atoms with Crippen LogP contribution in [-0.4, -0.2) is 18.0 Å². The van der Waals surface area contributed by atoms with Gasteiger partial charge in [-0.1, -0.05) is 20.8 Å². The zero-order valence-corrected chi connectivity index (χ0v) is 11.3. The third-order valence-electron chi connectivity index (χ3n) is 3.54. The Hall–Kier alpha value is -0.280. The van der Waals surface area contributed by atoms with E-state index in [9.17, 15) is 4.79 Å². The fraction of sp³-hybridized carbons (Fsp3) is 0.917. The maximum absolute atomic E-state index is 11.6. The number of nitrogens with two attached hydrogens (primary N) is 1. The molecule has 0 aliphatic heterocycles. The lowest BCUT2D eigenvalue weighted by Crippen LogP contribution is -2.48. The molecule has 0 aromatic carbocycles. The predicted octanol–water partition coefficient (Wildman–Crippen LogP) is 2.09. The lowest BCUT2D eigenvalue weighted by atomic mass is 9.80. The van der Waals surface area contributed by atoms with Crippen LogP contribution in [0.25, 0.3) is 0 Å². The number of halogens is 1. The normalized spacial score (nSPS) is 31.4. The van der Waals surface area contributed by atoms with Crippen molar-refractivity contribution in [2.75, 3.05) is 0 Å². The van der Waals surface area contributed by atoms with Gasteiger partial charge in [-0.15, -0.1) is 12.4 Å². The number of hydrogen-bond donors (Lipinski definition) is 2. The number of rotatable bonds is 3. The SMILES string of the molecule is CC[C@H](N)C(=O)NC1CCC(C)CC1C.Cl. The van der Waals surface area contributed by atoms with E-state index in [0.29, 0.717) is 18.4 Å². The maximum Gasteiger partial charge on any atom is 0.237 e. The summed E-state index contributed by atoms with van der Waals surface area (Å²) in [5.74, 6) is 1.40. The van der Waals surface area contributed by atoms with Crippen LogP contribution in [0.3, 0.4) is 0 Å². The molecule has 0 saturated heterocycles. The molecule has 0 heterocycles. The van der Waals surface area contributed by atoms with Gasteiger partial charge in [0.2, 0.25) is 5.91 Å². The summed E-state index contributed by atoms with van der Waals surface area (Å²) in [5, 5.41) is 3.08. The average Bonchev–Trinajstić information content (AvgIpc) is 2.20. The molecule has 1 rings (SSSR count).